The second-order valence-electron chi connectivity index (χ2n) is 6.23. The van der Waals surface area contributed by atoms with Gasteiger partial charge in [-0.25, -0.2) is 4.39 Å². The summed E-state index contributed by atoms with van der Waals surface area (Å²) in [5, 5.41) is 3.57. The quantitative estimate of drug-likeness (QED) is 0.852. The van der Waals surface area contributed by atoms with Crippen LogP contribution in [-0.2, 0) is 6.42 Å². The third kappa shape index (κ3) is 3.81. The Morgan fingerprint density at radius 1 is 1.22 bits per heavy atom. The summed E-state index contributed by atoms with van der Waals surface area (Å²) in [5.41, 5.74) is 1.34. The van der Waals surface area contributed by atoms with Crippen molar-refractivity contribution in [3.63, 3.8) is 0 Å². The van der Waals surface area contributed by atoms with E-state index in [2.05, 4.69) is 19.2 Å². The molecule has 0 aromatic heterocycles. The maximum Gasteiger partial charge on any atom is 0.126 e. The molecule has 0 amide bonds. The largest absolute Gasteiger partial charge is 0.314 e. The average Bonchev–Trinajstić information content (AvgIpc) is 2.34. The van der Waals surface area contributed by atoms with Crippen LogP contribution in [0.2, 0.25) is 0 Å². The third-order valence-corrected chi connectivity index (χ3v) is 4.12. The molecule has 1 saturated carbocycles. The minimum atomic E-state index is -0.0796. The van der Waals surface area contributed by atoms with Gasteiger partial charge in [0, 0.05) is 6.04 Å². The lowest BCUT2D eigenvalue weighted by molar-refractivity contribution is 0.207. The van der Waals surface area contributed by atoms with Crippen molar-refractivity contribution in [1.82, 2.24) is 5.32 Å². The molecule has 0 aliphatic heterocycles. The summed E-state index contributed by atoms with van der Waals surface area (Å²) in [6.07, 6.45) is 5.88. The molecule has 1 aromatic carbocycles. The van der Waals surface area contributed by atoms with Crippen LogP contribution >= 0.6 is 0 Å². The lowest BCUT2D eigenvalue weighted by Gasteiger charge is -2.34. The molecule has 1 nitrogen and oxygen atoms in total. The molecule has 0 heterocycles. The number of benzene rings is 1. The summed E-state index contributed by atoms with van der Waals surface area (Å²) in [5.74, 6) is -0.0796. The molecule has 0 radical (unpaired) electrons. The van der Waals surface area contributed by atoms with E-state index in [4.69, 9.17) is 0 Å². The van der Waals surface area contributed by atoms with Crippen LogP contribution in [0.25, 0.3) is 0 Å². The Hall–Kier alpha value is -0.890. The second kappa shape index (κ2) is 5.83. The highest BCUT2D eigenvalue weighted by atomic mass is 19.1. The SMILES string of the molecule is CC1(C)CCC(NCCc2ccccc2F)CC1. The van der Waals surface area contributed by atoms with E-state index in [1.54, 1.807) is 12.1 Å². The van der Waals surface area contributed by atoms with E-state index in [1.165, 1.54) is 25.7 Å². The molecule has 18 heavy (non-hydrogen) atoms. The Bertz CT molecular complexity index is 376. The van der Waals surface area contributed by atoms with Crippen LogP contribution in [0.15, 0.2) is 24.3 Å². The van der Waals surface area contributed by atoms with E-state index in [0.717, 1.165) is 18.5 Å². The number of hydrogen-bond acceptors (Lipinski definition) is 1. The van der Waals surface area contributed by atoms with Gasteiger partial charge in [0.25, 0.3) is 0 Å². The number of halogens is 1. The normalized spacial score (nSPS) is 19.9. The Labute approximate surface area is 110 Å². The molecule has 1 aromatic rings. The Morgan fingerprint density at radius 2 is 1.89 bits per heavy atom. The molecule has 1 N–H and O–H groups in total. The van der Waals surface area contributed by atoms with Crippen LogP contribution in [0, 0.1) is 11.2 Å². The monoisotopic (exact) mass is 249 g/mol. The first kappa shape index (κ1) is 13.5. The number of nitrogens with one attached hydrogen (secondary N) is 1. The van der Waals surface area contributed by atoms with Gasteiger partial charge in [-0.15, -0.1) is 0 Å². The van der Waals surface area contributed by atoms with Gasteiger partial charge in [-0.1, -0.05) is 32.0 Å². The molecule has 100 valence electrons. The molecule has 1 aliphatic carbocycles. The molecule has 1 fully saturated rings. The minimum Gasteiger partial charge on any atom is -0.314 e. The first-order valence-electron chi connectivity index (χ1n) is 7.04. The van der Waals surface area contributed by atoms with E-state index in [0.29, 0.717) is 11.5 Å². The summed E-state index contributed by atoms with van der Waals surface area (Å²) >= 11 is 0. The van der Waals surface area contributed by atoms with Crippen molar-refractivity contribution in [2.75, 3.05) is 6.54 Å². The Balaban J connectivity index is 1.72. The fourth-order valence-electron chi connectivity index (χ4n) is 2.72. The van der Waals surface area contributed by atoms with Crippen molar-refractivity contribution in [2.45, 2.75) is 52.0 Å². The van der Waals surface area contributed by atoms with Crippen molar-refractivity contribution >= 4 is 0 Å². The molecule has 2 rings (SSSR count). The van der Waals surface area contributed by atoms with Gasteiger partial charge >= 0.3 is 0 Å². The predicted molar refractivity (Wildman–Crippen MR) is 74.1 cm³/mol. The van der Waals surface area contributed by atoms with E-state index in [1.807, 2.05) is 12.1 Å². The van der Waals surface area contributed by atoms with Gasteiger partial charge in [-0.3, -0.25) is 0 Å². The average molecular weight is 249 g/mol. The topological polar surface area (TPSA) is 12.0 Å². The Morgan fingerprint density at radius 3 is 2.56 bits per heavy atom. The minimum absolute atomic E-state index is 0.0796. The number of hydrogen-bond donors (Lipinski definition) is 1. The summed E-state index contributed by atoms with van der Waals surface area (Å²) in [4.78, 5) is 0. The second-order valence-corrected chi connectivity index (χ2v) is 6.23. The third-order valence-electron chi connectivity index (χ3n) is 4.12. The predicted octanol–water partition coefficient (Wildman–Crippen LogP) is 3.93. The van der Waals surface area contributed by atoms with Crippen LogP contribution in [0.4, 0.5) is 4.39 Å². The van der Waals surface area contributed by atoms with Gasteiger partial charge in [0.15, 0.2) is 0 Å². The van der Waals surface area contributed by atoms with E-state index in [-0.39, 0.29) is 5.82 Å². The highest BCUT2D eigenvalue weighted by molar-refractivity contribution is 5.17. The summed E-state index contributed by atoms with van der Waals surface area (Å²) in [7, 11) is 0. The van der Waals surface area contributed by atoms with Gasteiger partial charge in [-0.2, -0.15) is 0 Å². The summed E-state index contributed by atoms with van der Waals surface area (Å²) < 4.78 is 13.4. The van der Waals surface area contributed by atoms with Crippen LogP contribution in [0.3, 0.4) is 0 Å². The zero-order valence-electron chi connectivity index (χ0n) is 11.5. The zero-order chi connectivity index (χ0) is 13.0. The summed E-state index contributed by atoms with van der Waals surface area (Å²) in [6, 6.07) is 7.70. The highest BCUT2D eigenvalue weighted by Gasteiger charge is 2.26. The molecule has 0 saturated heterocycles. The molecule has 0 unspecified atom stereocenters. The van der Waals surface area contributed by atoms with Gasteiger partial charge in [0.1, 0.15) is 5.82 Å². The first-order chi connectivity index (χ1) is 8.57. The van der Waals surface area contributed by atoms with E-state index < -0.39 is 0 Å². The fraction of sp³-hybridized carbons (Fsp3) is 0.625. The molecule has 2 heteroatoms. The lowest BCUT2D eigenvalue weighted by Crippen LogP contribution is -2.36. The molecular weight excluding hydrogens is 225 g/mol. The smallest absolute Gasteiger partial charge is 0.126 e. The lowest BCUT2D eigenvalue weighted by atomic mass is 9.75. The first-order valence-corrected chi connectivity index (χ1v) is 7.04. The molecule has 0 atom stereocenters. The molecule has 1 aliphatic rings. The van der Waals surface area contributed by atoms with Crippen LogP contribution in [0.5, 0.6) is 0 Å². The van der Waals surface area contributed by atoms with Crippen LogP contribution < -0.4 is 5.32 Å². The van der Waals surface area contributed by atoms with Crippen molar-refractivity contribution in [3.8, 4) is 0 Å². The maximum absolute atomic E-state index is 13.4. The van der Waals surface area contributed by atoms with Crippen LogP contribution in [-0.4, -0.2) is 12.6 Å². The van der Waals surface area contributed by atoms with E-state index >= 15 is 0 Å². The molecular formula is C16H24FN. The van der Waals surface area contributed by atoms with Gasteiger partial charge in [0.05, 0.1) is 0 Å². The van der Waals surface area contributed by atoms with Crippen molar-refractivity contribution in [1.29, 1.82) is 0 Å². The number of rotatable bonds is 4. The zero-order valence-corrected chi connectivity index (χ0v) is 11.5. The fourth-order valence-corrected chi connectivity index (χ4v) is 2.72. The van der Waals surface area contributed by atoms with Gasteiger partial charge in [0.2, 0.25) is 0 Å². The molecule has 0 bridgehead atoms. The van der Waals surface area contributed by atoms with E-state index in [9.17, 15) is 4.39 Å². The Kier molecular flexibility index (Phi) is 4.39. The molecule has 0 spiro atoms. The van der Waals surface area contributed by atoms with Crippen molar-refractivity contribution in [3.05, 3.63) is 35.6 Å². The highest BCUT2D eigenvalue weighted by Crippen LogP contribution is 2.34. The maximum atomic E-state index is 13.4. The van der Waals surface area contributed by atoms with Crippen molar-refractivity contribution in [2.24, 2.45) is 5.41 Å². The van der Waals surface area contributed by atoms with Crippen LogP contribution in [0.1, 0.15) is 45.1 Å². The summed E-state index contributed by atoms with van der Waals surface area (Å²) in [6.45, 7) is 5.58. The standard InChI is InChI=1S/C16H24FN/c1-16(2)10-7-14(8-11-16)18-12-9-13-5-3-4-6-15(13)17/h3-6,14,18H,7-12H2,1-2H3. The van der Waals surface area contributed by atoms with Gasteiger partial charge in [-0.05, 0) is 55.7 Å². The van der Waals surface area contributed by atoms with Gasteiger partial charge < -0.3 is 5.32 Å². The van der Waals surface area contributed by atoms with Crippen molar-refractivity contribution < 1.29 is 4.39 Å².